The highest BCUT2D eigenvalue weighted by Crippen LogP contribution is 2.26. The van der Waals surface area contributed by atoms with Gasteiger partial charge in [-0.1, -0.05) is 11.6 Å². The first-order valence-corrected chi connectivity index (χ1v) is 7.64. The summed E-state index contributed by atoms with van der Waals surface area (Å²) in [5.74, 6) is 0.207. The number of non-ortho nitro benzene ring substituents is 1. The Morgan fingerprint density at radius 2 is 1.88 bits per heavy atom. The van der Waals surface area contributed by atoms with Crippen LogP contribution in [0.4, 0.5) is 11.4 Å². The lowest BCUT2D eigenvalue weighted by molar-refractivity contribution is -0.384. The van der Waals surface area contributed by atoms with E-state index in [9.17, 15) is 14.9 Å². The maximum absolute atomic E-state index is 12.0. The predicted octanol–water partition coefficient (Wildman–Crippen LogP) is 2.89. The molecule has 0 aliphatic carbocycles. The van der Waals surface area contributed by atoms with Crippen LogP contribution in [0.1, 0.15) is 10.4 Å². The molecule has 0 heterocycles. The zero-order valence-electron chi connectivity index (χ0n) is 12.9. The van der Waals surface area contributed by atoms with E-state index in [2.05, 4.69) is 16.2 Å². The van der Waals surface area contributed by atoms with Gasteiger partial charge >= 0.3 is 0 Å². The Hall–Kier alpha value is -2.91. The molecule has 2 rings (SSSR count). The Balaban J connectivity index is 1.95. The van der Waals surface area contributed by atoms with Gasteiger partial charge in [0.2, 0.25) is 0 Å². The monoisotopic (exact) mass is 380 g/mol. The molecular formula is C15H13ClN4O4S. The maximum Gasteiger partial charge on any atom is 0.271 e. The third kappa shape index (κ3) is 5.03. The number of hydrogen-bond donors (Lipinski definition) is 3. The van der Waals surface area contributed by atoms with Gasteiger partial charge in [-0.3, -0.25) is 25.8 Å². The van der Waals surface area contributed by atoms with E-state index in [0.29, 0.717) is 11.3 Å². The van der Waals surface area contributed by atoms with Gasteiger partial charge in [-0.2, -0.15) is 0 Å². The van der Waals surface area contributed by atoms with Crippen molar-refractivity contribution in [1.29, 1.82) is 0 Å². The van der Waals surface area contributed by atoms with Crippen molar-refractivity contribution in [3.8, 4) is 5.75 Å². The number of nitrogens with zero attached hydrogens (tertiary/aromatic N) is 1. The van der Waals surface area contributed by atoms with E-state index in [4.69, 9.17) is 28.6 Å². The minimum atomic E-state index is -0.552. The van der Waals surface area contributed by atoms with Crippen molar-refractivity contribution in [2.45, 2.75) is 0 Å². The lowest BCUT2D eigenvalue weighted by Gasteiger charge is -2.12. The number of hydrogen-bond acceptors (Lipinski definition) is 5. The molecule has 2 aromatic rings. The van der Waals surface area contributed by atoms with Crippen LogP contribution in [0, 0.1) is 10.1 Å². The molecule has 1 amide bonds. The molecule has 0 aliphatic heterocycles. The van der Waals surface area contributed by atoms with Crippen molar-refractivity contribution in [3.05, 3.63) is 63.2 Å². The SMILES string of the molecule is COc1ccc(C(=O)NNC(=S)Nc2cc([N+](=O)[O-])ccc2Cl)cc1. The summed E-state index contributed by atoms with van der Waals surface area (Å²) in [6.45, 7) is 0. The van der Waals surface area contributed by atoms with Crippen molar-refractivity contribution in [2.24, 2.45) is 0 Å². The van der Waals surface area contributed by atoms with Crippen LogP contribution in [-0.4, -0.2) is 23.1 Å². The van der Waals surface area contributed by atoms with Gasteiger partial charge in [0.15, 0.2) is 5.11 Å². The molecule has 8 nitrogen and oxygen atoms in total. The number of carbonyl (C=O) groups is 1. The van der Waals surface area contributed by atoms with Gasteiger partial charge in [-0.05, 0) is 42.5 Å². The topological polar surface area (TPSA) is 106 Å². The highest BCUT2D eigenvalue weighted by Gasteiger charge is 2.11. The maximum atomic E-state index is 12.0. The molecule has 0 fully saturated rings. The van der Waals surface area contributed by atoms with Crippen LogP contribution in [0.3, 0.4) is 0 Å². The van der Waals surface area contributed by atoms with Crippen molar-refractivity contribution in [2.75, 3.05) is 12.4 Å². The van der Waals surface area contributed by atoms with Crippen LogP contribution in [0.5, 0.6) is 5.75 Å². The smallest absolute Gasteiger partial charge is 0.271 e. The first-order chi connectivity index (χ1) is 11.9. The summed E-state index contributed by atoms with van der Waals surface area (Å²) in [5.41, 5.74) is 5.39. The fraction of sp³-hybridized carbons (Fsp3) is 0.0667. The fourth-order valence-corrected chi connectivity index (χ4v) is 2.13. The van der Waals surface area contributed by atoms with Gasteiger partial charge in [0.05, 0.1) is 22.7 Å². The summed E-state index contributed by atoms with van der Waals surface area (Å²) in [5, 5.41) is 13.7. The Morgan fingerprint density at radius 3 is 2.48 bits per heavy atom. The molecule has 0 saturated carbocycles. The second-order valence-corrected chi connectivity index (χ2v) is 5.50. The average Bonchev–Trinajstić information content (AvgIpc) is 2.61. The molecule has 130 valence electrons. The molecule has 10 heteroatoms. The van der Waals surface area contributed by atoms with Crippen LogP contribution in [-0.2, 0) is 0 Å². The minimum absolute atomic E-state index is 0.0178. The first-order valence-electron chi connectivity index (χ1n) is 6.86. The van der Waals surface area contributed by atoms with Gasteiger partial charge in [-0.15, -0.1) is 0 Å². The molecule has 0 bridgehead atoms. The molecule has 0 atom stereocenters. The zero-order valence-corrected chi connectivity index (χ0v) is 14.5. The highest BCUT2D eigenvalue weighted by atomic mass is 35.5. The Morgan fingerprint density at radius 1 is 1.20 bits per heavy atom. The van der Waals surface area contributed by atoms with Crippen molar-refractivity contribution < 1.29 is 14.5 Å². The van der Waals surface area contributed by atoms with E-state index in [1.807, 2.05) is 0 Å². The molecule has 25 heavy (non-hydrogen) atoms. The minimum Gasteiger partial charge on any atom is -0.497 e. The van der Waals surface area contributed by atoms with Crippen molar-refractivity contribution in [3.63, 3.8) is 0 Å². The van der Waals surface area contributed by atoms with E-state index in [1.54, 1.807) is 24.3 Å². The molecular weight excluding hydrogens is 368 g/mol. The number of nitrogens with one attached hydrogen (secondary N) is 3. The summed E-state index contributed by atoms with van der Waals surface area (Å²) in [6, 6.07) is 10.4. The van der Waals surface area contributed by atoms with Crippen LogP contribution in [0.2, 0.25) is 5.02 Å². The average molecular weight is 381 g/mol. The van der Waals surface area contributed by atoms with Crippen molar-refractivity contribution >= 4 is 46.2 Å². The van der Waals surface area contributed by atoms with E-state index < -0.39 is 10.8 Å². The summed E-state index contributed by atoms with van der Waals surface area (Å²) in [7, 11) is 1.53. The summed E-state index contributed by atoms with van der Waals surface area (Å²) >= 11 is 11.0. The number of nitro benzene ring substituents is 1. The third-order valence-corrected chi connectivity index (χ3v) is 3.58. The standard InChI is InChI=1S/C15H13ClN4O4S/c1-24-11-5-2-9(3-6-11)14(21)18-19-15(25)17-13-8-10(20(22)23)4-7-12(13)16/h2-8H,1H3,(H,18,21)(H2,17,19,25). The van der Waals surface area contributed by atoms with Crippen molar-refractivity contribution in [1.82, 2.24) is 10.9 Å². The number of halogens is 1. The first kappa shape index (κ1) is 18.4. The number of methoxy groups -OCH3 is 1. The molecule has 0 aliphatic rings. The van der Waals surface area contributed by atoms with Crippen LogP contribution in [0.25, 0.3) is 0 Å². The number of rotatable bonds is 4. The second kappa shape index (κ2) is 8.27. The van der Waals surface area contributed by atoms with E-state index in [-0.39, 0.29) is 21.5 Å². The number of benzene rings is 2. The molecule has 2 aromatic carbocycles. The lowest BCUT2D eigenvalue weighted by Crippen LogP contribution is -2.43. The summed E-state index contributed by atoms with van der Waals surface area (Å²) in [4.78, 5) is 22.2. The van der Waals surface area contributed by atoms with Gasteiger partial charge in [0.1, 0.15) is 5.75 Å². The van der Waals surface area contributed by atoms with Crippen LogP contribution in [0.15, 0.2) is 42.5 Å². The number of anilines is 1. The number of thiocarbonyl (C=S) groups is 1. The molecule has 0 unspecified atom stereocenters. The predicted molar refractivity (Wildman–Crippen MR) is 97.9 cm³/mol. The molecule has 0 aromatic heterocycles. The Labute approximate surface area is 153 Å². The quantitative estimate of drug-likeness (QED) is 0.425. The number of amides is 1. The van der Waals surface area contributed by atoms with Gasteiger partial charge in [0, 0.05) is 17.7 Å². The number of nitro groups is 1. The second-order valence-electron chi connectivity index (χ2n) is 4.68. The van der Waals surface area contributed by atoms with Gasteiger partial charge < -0.3 is 10.1 Å². The largest absolute Gasteiger partial charge is 0.497 e. The van der Waals surface area contributed by atoms with Crippen LogP contribution >= 0.6 is 23.8 Å². The number of hydrazine groups is 1. The highest BCUT2D eigenvalue weighted by molar-refractivity contribution is 7.80. The van der Waals surface area contributed by atoms with E-state index in [1.165, 1.54) is 25.3 Å². The fourth-order valence-electron chi connectivity index (χ4n) is 1.80. The third-order valence-electron chi connectivity index (χ3n) is 3.05. The zero-order chi connectivity index (χ0) is 18.4. The Bertz CT molecular complexity index is 814. The molecule has 0 saturated heterocycles. The number of ether oxygens (including phenoxy) is 1. The van der Waals surface area contributed by atoms with Gasteiger partial charge in [-0.25, -0.2) is 0 Å². The van der Waals surface area contributed by atoms with Gasteiger partial charge in [0.25, 0.3) is 11.6 Å². The molecule has 0 radical (unpaired) electrons. The van der Waals surface area contributed by atoms with Crippen LogP contribution < -0.4 is 20.9 Å². The summed E-state index contributed by atoms with van der Waals surface area (Å²) < 4.78 is 5.01. The number of carbonyl (C=O) groups excluding carboxylic acids is 1. The molecule has 3 N–H and O–H groups in total. The molecule has 0 spiro atoms. The lowest BCUT2D eigenvalue weighted by atomic mass is 10.2. The van der Waals surface area contributed by atoms with E-state index in [0.717, 1.165) is 0 Å². The van der Waals surface area contributed by atoms with E-state index >= 15 is 0 Å². The summed E-state index contributed by atoms with van der Waals surface area (Å²) in [6.07, 6.45) is 0. The Kier molecular flexibility index (Phi) is 6.09. The normalized spacial score (nSPS) is 9.84.